The standard InChI is InChI=1S/C13H13N3O3S/c1-13(2)11(17)16(12(18)14-13)7-8-6-9(19-15-8)10-4-3-5-20-10/h3-6H,7H2,1-2H3,(H,14,18). The van der Waals surface area contributed by atoms with E-state index in [2.05, 4.69) is 10.5 Å². The zero-order valence-electron chi connectivity index (χ0n) is 11.0. The summed E-state index contributed by atoms with van der Waals surface area (Å²) >= 11 is 1.54. The van der Waals surface area contributed by atoms with E-state index >= 15 is 0 Å². The third kappa shape index (κ3) is 2.09. The van der Waals surface area contributed by atoms with Crippen LogP contribution in [0.5, 0.6) is 0 Å². The highest BCUT2D eigenvalue weighted by Crippen LogP contribution is 2.26. The van der Waals surface area contributed by atoms with Crippen molar-refractivity contribution in [3.8, 4) is 10.6 Å². The van der Waals surface area contributed by atoms with Crippen LogP contribution in [0.4, 0.5) is 4.79 Å². The first kappa shape index (κ1) is 12.9. The average molecular weight is 291 g/mol. The van der Waals surface area contributed by atoms with Gasteiger partial charge < -0.3 is 9.84 Å². The molecule has 3 heterocycles. The molecule has 1 N–H and O–H groups in total. The van der Waals surface area contributed by atoms with E-state index in [1.165, 1.54) is 11.3 Å². The minimum absolute atomic E-state index is 0.114. The van der Waals surface area contributed by atoms with Gasteiger partial charge in [-0.05, 0) is 25.3 Å². The fraction of sp³-hybridized carbons (Fsp3) is 0.308. The normalized spacial score (nSPS) is 17.6. The zero-order valence-corrected chi connectivity index (χ0v) is 11.9. The molecular formula is C13H13N3O3S. The van der Waals surface area contributed by atoms with Crippen LogP contribution in [0.1, 0.15) is 19.5 Å². The predicted octanol–water partition coefficient (Wildman–Crippen LogP) is 2.23. The van der Waals surface area contributed by atoms with Crippen LogP contribution in [-0.2, 0) is 11.3 Å². The molecule has 1 aliphatic heterocycles. The molecule has 0 unspecified atom stereocenters. The van der Waals surface area contributed by atoms with E-state index in [1.54, 1.807) is 19.9 Å². The Balaban J connectivity index is 1.79. The number of imide groups is 1. The van der Waals surface area contributed by atoms with E-state index in [4.69, 9.17) is 4.52 Å². The lowest BCUT2D eigenvalue weighted by Crippen LogP contribution is -2.40. The maximum absolute atomic E-state index is 12.1. The Morgan fingerprint density at radius 3 is 2.85 bits per heavy atom. The molecule has 0 atom stereocenters. The van der Waals surface area contributed by atoms with Gasteiger partial charge in [-0.1, -0.05) is 11.2 Å². The Kier molecular flexibility index (Phi) is 2.86. The molecule has 6 nitrogen and oxygen atoms in total. The Morgan fingerprint density at radius 2 is 2.25 bits per heavy atom. The van der Waals surface area contributed by atoms with Crippen LogP contribution in [0.15, 0.2) is 28.1 Å². The molecule has 3 amide bonds. The van der Waals surface area contributed by atoms with Crippen molar-refractivity contribution in [2.24, 2.45) is 0 Å². The molecule has 3 rings (SSSR count). The summed E-state index contributed by atoms with van der Waals surface area (Å²) in [6, 6.07) is 5.19. The number of aromatic nitrogens is 1. The first-order valence-electron chi connectivity index (χ1n) is 6.11. The molecule has 1 aliphatic rings. The topological polar surface area (TPSA) is 75.4 Å². The lowest BCUT2D eigenvalue weighted by molar-refractivity contribution is -0.130. The maximum atomic E-state index is 12.1. The van der Waals surface area contributed by atoms with Crippen molar-refractivity contribution in [2.45, 2.75) is 25.9 Å². The van der Waals surface area contributed by atoms with E-state index < -0.39 is 11.6 Å². The van der Waals surface area contributed by atoms with Crippen LogP contribution in [0, 0.1) is 0 Å². The van der Waals surface area contributed by atoms with Crippen LogP contribution in [-0.4, -0.2) is 27.5 Å². The highest BCUT2D eigenvalue weighted by Gasteiger charge is 2.44. The summed E-state index contributed by atoms with van der Waals surface area (Å²) in [5.41, 5.74) is -0.313. The molecule has 7 heteroatoms. The van der Waals surface area contributed by atoms with Crippen LogP contribution in [0.3, 0.4) is 0 Å². The van der Waals surface area contributed by atoms with E-state index in [0.717, 1.165) is 9.78 Å². The summed E-state index contributed by atoms with van der Waals surface area (Å²) in [6.07, 6.45) is 0. The number of carbonyl (C=O) groups excluding carboxylic acids is 2. The van der Waals surface area contributed by atoms with E-state index in [9.17, 15) is 9.59 Å². The van der Waals surface area contributed by atoms with Crippen LogP contribution < -0.4 is 5.32 Å². The number of hydrogen-bond donors (Lipinski definition) is 1. The number of nitrogens with one attached hydrogen (secondary N) is 1. The van der Waals surface area contributed by atoms with Gasteiger partial charge in [-0.3, -0.25) is 9.69 Å². The third-order valence-electron chi connectivity index (χ3n) is 3.09. The number of urea groups is 1. The minimum Gasteiger partial charge on any atom is -0.355 e. The van der Waals surface area contributed by atoms with E-state index in [0.29, 0.717) is 11.5 Å². The number of amides is 3. The van der Waals surface area contributed by atoms with Gasteiger partial charge in [-0.15, -0.1) is 11.3 Å². The van der Waals surface area contributed by atoms with Gasteiger partial charge in [-0.2, -0.15) is 0 Å². The number of hydrogen-bond acceptors (Lipinski definition) is 5. The number of nitrogens with zero attached hydrogens (tertiary/aromatic N) is 2. The lowest BCUT2D eigenvalue weighted by atomic mass is 10.1. The quantitative estimate of drug-likeness (QED) is 0.880. The van der Waals surface area contributed by atoms with Crippen LogP contribution in [0.25, 0.3) is 10.6 Å². The lowest BCUT2D eigenvalue weighted by Gasteiger charge is -2.14. The first-order chi connectivity index (χ1) is 9.47. The second kappa shape index (κ2) is 4.45. The van der Waals surface area contributed by atoms with Gasteiger partial charge in [0, 0.05) is 6.07 Å². The van der Waals surface area contributed by atoms with Crippen molar-refractivity contribution >= 4 is 23.3 Å². The van der Waals surface area contributed by atoms with Crippen molar-refractivity contribution < 1.29 is 14.1 Å². The van der Waals surface area contributed by atoms with Gasteiger partial charge in [0.15, 0.2) is 5.76 Å². The molecule has 2 aromatic heterocycles. The summed E-state index contributed by atoms with van der Waals surface area (Å²) in [4.78, 5) is 25.9. The van der Waals surface area contributed by atoms with Crippen molar-refractivity contribution in [3.05, 3.63) is 29.3 Å². The molecule has 0 aliphatic carbocycles. The molecule has 0 saturated carbocycles. The second-order valence-electron chi connectivity index (χ2n) is 5.11. The largest absolute Gasteiger partial charge is 0.355 e. The fourth-order valence-electron chi connectivity index (χ4n) is 2.04. The molecule has 0 bridgehead atoms. The molecule has 2 aromatic rings. The van der Waals surface area contributed by atoms with Crippen molar-refractivity contribution in [3.63, 3.8) is 0 Å². The second-order valence-corrected chi connectivity index (χ2v) is 6.05. The minimum atomic E-state index is -0.864. The third-order valence-corrected chi connectivity index (χ3v) is 3.97. The summed E-state index contributed by atoms with van der Waals surface area (Å²) in [5.74, 6) is 0.379. The van der Waals surface area contributed by atoms with Crippen LogP contribution in [0.2, 0.25) is 0 Å². The van der Waals surface area contributed by atoms with Crippen LogP contribution >= 0.6 is 11.3 Å². The highest BCUT2D eigenvalue weighted by molar-refractivity contribution is 7.13. The van der Waals surface area contributed by atoms with Gasteiger partial charge in [0.25, 0.3) is 5.91 Å². The SMILES string of the molecule is CC1(C)NC(=O)N(Cc2cc(-c3cccs3)on2)C1=O. The average Bonchev–Trinajstić information content (AvgIpc) is 3.07. The number of carbonyl (C=O) groups is 2. The Hall–Kier alpha value is -2.15. The molecule has 20 heavy (non-hydrogen) atoms. The maximum Gasteiger partial charge on any atom is 0.325 e. The molecule has 0 radical (unpaired) electrons. The van der Waals surface area contributed by atoms with Gasteiger partial charge in [-0.25, -0.2) is 4.79 Å². The van der Waals surface area contributed by atoms with E-state index in [1.807, 2.05) is 17.5 Å². The first-order valence-corrected chi connectivity index (χ1v) is 6.99. The van der Waals surface area contributed by atoms with Gasteiger partial charge in [0.05, 0.1) is 11.4 Å². The number of thiophene rings is 1. The van der Waals surface area contributed by atoms with Gasteiger partial charge >= 0.3 is 6.03 Å². The smallest absolute Gasteiger partial charge is 0.325 e. The van der Waals surface area contributed by atoms with Gasteiger partial charge in [0.2, 0.25) is 0 Å². The summed E-state index contributed by atoms with van der Waals surface area (Å²) in [5, 5.41) is 8.48. The van der Waals surface area contributed by atoms with Crippen molar-refractivity contribution in [1.82, 2.24) is 15.4 Å². The zero-order chi connectivity index (χ0) is 14.3. The summed E-state index contributed by atoms with van der Waals surface area (Å²) in [7, 11) is 0. The molecule has 0 aromatic carbocycles. The van der Waals surface area contributed by atoms with Gasteiger partial charge in [0.1, 0.15) is 11.2 Å². The fourth-order valence-corrected chi connectivity index (χ4v) is 2.72. The highest BCUT2D eigenvalue weighted by atomic mass is 32.1. The van der Waals surface area contributed by atoms with E-state index in [-0.39, 0.29) is 12.5 Å². The summed E-state index contributed by atoms with van der Waals surface area (Å²) in [6.45, 7) is 3.46. The molecular weight excluding hydrogens is 278 g/mol. The van der Waals surface area contributed by atoms with Crippen molar-refractivity contribution in [1.29, 1.82) is 0 Å². The molecule has 1 saturated heterocycles. The summed E-state index contributed by atoms with van der Waals surface area (Å²) < 4.78 is 5.23. The molecule has 1 fully saturated rings. The predicted molar refractivity (Wildman–Crippen MR) is 73.0 cm³/mol. The van der Waals surface area contributed by atoms with Crippen molar-refractivity contribution in [2.75, 3.05) is 0 Å². The molecule has 0 spiro atoms. The Bertz CT molecular complexity index is 660. The Morgan fingerprint density at radius 1 is 1.45 bits per heavy atom. The molecule has 104 valence electrons. The monoisotopic (exact) mass is 291 g/mol. The number of rotatable bonds is 3. The Labute approximate surface area is 119 Å².